The summed E-state index contributed by atoms with van der Waals surface area (Å²) in [5, 5.41) is 4.07. The first-order valence-electron chi connectivity index (χ1n) is 5.83. The monoisotopic (exact) mass is 308 g/mol. The van der Waals surface area contributed by atoms with Crippen LogP contribution in [-0.2, 0) is 0 Å². The molecular formula is C14H10F2N2O2S. The molecule has 0 aliphatic heterocycles. The van der Waals surface area contributed by atoms with Crippen molar-refractivity contribution < 1.29 is 18.4 Å². The number of thiol groups is 1. The summed E-state index contributed by atoms with van der Waals surface area (Å²) in [6.07, 6.45) is 0. The number of amides is 3. The summed E-state index contributed by atoms with van der Waals surface area (Å²) in [4.78, 5) is 23.7. The van der Waals surface area contributed by atoms with Gasteiger partial charge in [-0.05, 0) is 30.3 Å². The van der Waals surface area contributed by atoms with Crippen molar-refractivity contribution in [3.63, 3.8) is 0 Å². The Kier molecular flexibility index (Phi) is 4.54. The van der Waals surface area contributed by atoms with Gasteiger partial charge in [-0.25, -0.2) is 13.6 Å². The van der Waals surface area contributed by atoms with E-state index >= 15 is 0 Å². The number of rotatable bonds is 2. The molecule has 0 radical (unpaired) electrons. The Morgan fingerprint density at radius 3 is 2.38 bits per heavy atom. The average molecular weight is 308 g/mol. The predicted octanol–water partition coefficient (Wildman–Crippen LogP) is 3.22. The Labute approximate surface area is 124 Å². The highest BCUT2D eigenvalue weighted by molar-refractivity contribution is 7.80. The normalized spacial score (nSPS) is 10.0. The average Bonchev–Trinajstić information content (AvgIpc) is 2.42. The topological polar surface area (TPSA) is 58.2 Å². The molecule has 0 atom stereocenters. The molecule has 0 bridgehead atoms. The van der Waals surface area contributed by atoms with Crippen molar-refractivity contribution in [2.45, 2.75) is 4.90 Å². The van der Waals surface area contributed by atoms with Crippen LogP contribution in [0.2, 0.25) is 0 Å². The molecule has 0 saturated carbocycles. The van der Waals surface area contributed by atoms with Crippen LogP contribution in [0.3, 0.4) is 0 Å². The second-order valence-corrected chi connectivity index (χ2v) is 4.57. The number of urea groups is 1. The number of benzene rings is 2. The summed E-state index contributed by atoms with van der Waals surface area (Å²) >= 11 is 3.94. The first-order valence-corrected chi connectivity index (χ1v) is 6.27. The second-order valence-electron chi connectivity index (χ2n) is 4.05. The van der Waals surface area contributed by atoms with E-state index in [1.54, 1.807) is 0 Å². The van der Waals surface area contributed by atoms with Crippen molar-refractivity contribution in [1.82, 2.24) is 5.32 Å². The summed E-state index contributed by atoms with van der Waals surface area (Å²) < 4.78 is 26.9. The summed E-state index contributed by atoms with van der Waals surface area (Å²) in [5.74, 6) is -2.37. The van der Waals surface area contributed by atoms with Gasteiger partial charge in [0.15, 0.2) is 0 Å². The zero-order valence-electron chi connectivity index (χ0n) is 10.6. The van der Waals surface area contributed by atoms with Crippen molar-refractivity contribution in [1.29, 1.82) is 0 Å². The van der Waals surface area contributed by atoms with Crippen LogP contribution < -0.4 is 10.6 Å². The number of anilines is 1. The zero-order chi connectivity index (χ0) is 15.4. The summed E-state index contributed by atoms with van der Waals surface area (Å²) in [6, 6.07) is 8.12. The fraction of sp³-hybridized carbons (Fsp3) is 0. The van der Waals surface area contributed by atoms with Crippen molar-refractivity contribution in [2.75, 3.05) is 5.32 Å². The van der Waals surface area contributed by atoms with Gasteiger partial charge in [0, 0.05) is 4.90 Å². The number of nitrogens with one attached hydrogen (secondary N) is 2. The van der Waals surface area contributed by atoms with E-state index in [0.717, 1.165) is 12.1 Å². The van der Waals surface area contributed by atoms with Crippen molar-refractivity contribution in [3.8, 4) is 0 Å². The van der Waals surface area contributed by atoms with Gasteiger partial charge in [0.25, 0.3) is 5.91 Å². The van der Waals surface area contributed by atoms with E-state index in [4.69, 9.17) is 0 Å². The molecule has 0 fully saturated rings. The zero-order valence-corrected chi connectivity index (χ0v) is 11.5. The maximum absolute atomic E-state index is 13.5. The molecule has 2 rings (SSSR count). The fourth-order valence-electron chi connectivity index (χ4n) is 1.57. The number of hydrogen-bond donors (Lipinski definition) is 3. The van der Waals surface area contributed by atoms with Gasteiger partial charge >= 0.3 is 6.03 Å². The van der Waals surface area contributed by atoms with E-state index in [9.17, 15) is 18.4 Å². The Morgan fingerprint density at radius 2 is 1.71 bits per heavy atom. The molecular weight excluding hydrogens is 298 g/mol. The second kappa shape index (κ2) is 6.36. The summed E-state index contributed by atoms with van der Waals surface area (Å²) in [7, 11) is 0. The lowest BCUT2D eigenvalue weighted by Gasteiger charge is -2.08. The van der Waals surface area contributed by atoms with E-state index in [1.807, 2.05) is 5.32 Å². The third-order valence-electron chi connectivity index (χ3n) is 2.55. The molecule has 7 heteroatoms. The first-order chi connectivity index (χ1) is 9.97. The van der Waals surface area contributed by atoms with Crippen LogP contribution in [0, 0.1) is 11.6 Å². The highest BCUT2D eigenvalue weighted by atomic mass is 32.1. The minimum absolute atomic E-state index is 0.119. The van der Waals surface area contributed by atoms with E-state index < -0.39 is 23.6 Å². The van der Waals surface area contributed by atoms with Crippen LogP contribution in [0.25, 0.3) is 0 Å². The van der Waals surface area contributed by atoms with Crippen molar-refractivity contribution >= 4 is 30.3 Å². The quantitative estimate of drug-likeness (QED) is 0.746. The van der Waals surface area contributed by atoms with Crippen molar-refractivity contribution in [2.24, 2.45) is 0 Å². The number of halogens is 2. The van der Waals surface area contributed by atoms with Gasteiger partial charge in [-0.3, -0.25) is 10.1 Å². The summed E-state index contributed by atoms with van der Waals surface area (Å²) in [5.41, 5.74) is -0.398. The molecule has 3 amide bonds. The van der Waals surface area contributed by atoms with Gasteiger partial charge in [-0.2, -0.15) is 0 Å². The minimum Gasteiger partial charge on any atom is -0.305 e. The molecule has 0 aliphatic carbocycles. The van der Waals surface area contributed by atoms with Crippen LogP contribution in [0.4, 0.5) is 19.3 Å². The lowest BCUT2D eigenvalue weighted by atomic mass is 10.2. The molecule has 2 aromatic rings. The molecule has 0 heterocycles. The van der Waals surface area contributed by atoms with Crippen molar-refractivity contribution in [3.05, 3.63) is 59.7 Å². The van der Waals surface area contributed by atoms with Gasteiger partial charge in [0.05, 0.1) is 11.3 Å². The maximum Gasteiger partial charge on any atom is 0.326 e. The predicted molar refractivity (Wildman–Crippen MR) is 76.5 cm³/mol. The standard InChI is InChI=1S/C14H10F2N2O2S/c15-10-4-2-1-3-9(10)13(19)18-14(20)17-12-6-5-8(21)7-11(12)16/h1-7,21H,(H2,17,18,19,20). The maximum atomic E-state index is 13.5. The van der Waals surface area contributed by atoms with Crippen LogP contribution in [0.5, 0.6) is 0 Å². The van der Waals surface area contributed by atoms with Gasteiger partial charge in [0.1, 0.15) is 11.6 Å². The van der Waals surface area contributed by atoms with E-state index in [2.05, 4.69) is 17.9 Å². The summed E-state index contributed by atoms with van der Waals surface area (Å²) in [6.45, 7) is 0. The molecule has 2 N–H and O–H groups in total. The molecule has 0 spiro atoms. The lowest BCUT2D eigenvalue weighted by Crippen LogP contribution is -2.35. The molecule has 21 heavy (non-hydrogen) atoms. The Bertz CT molecular complexity index is 707. The first kappa shape index (κ1) is 15.0. The highest BCUT2D eigenvalue weighted by Gasteiger charge is 2.15. The van der Waals surface area contributed by atoms with Crippen LogP contribution >= 0.6 is 12.6 Å². The van der Waals surface area contributed by atoms with Gasteiger partial charge in [-0.15, -0.1) is 12.6 Å². The van der Waals surface area contributed by atoms with Crippen LogP contribution in [0.1, 0.15) is 10.4 Å². The fourth-order valence-corrected chi connectivity index (χ4v) is 1.76. The van der Waals surface area contributed by atoms with E-state index in [1.165, 1.54) is 30.3 Å². The number of carbonyl (C=O) groups is 2. The van der Waals surface area contributed by atoms with E-state index in [0.29, 0.717) is 4.90 Å². The molecule has 4 nitrogen and oxygen atoms in total. The Balaban J connectivity index is 2.05. The molecule has 2 aromatic carbocycles. The number of carbonyl (C=O) groups excluding carboxylic acids is 2. The Hall–Kier alpha value is -2.41. The lowest BCUT2D eigenvalue weighted by molar-refractivity contribution is 0.0963. The van der Waals surface area contributed by atoms with Gasteiger partial charge in [-0.1, -0.05) is 12.1 Å². The number of imide groups is 1. The molecule has 0 saturated heterocycles. The molecule has 0 unspecified atom stereocenters. The molecule has 108 valence electrons. The van der Waals surface area contributed by atoms with E-state index in [-0.39, 0.29) is 11.3 Å². The number of hydrogen-bond acceptors (Lipinski definition) is 3. The molecule has 0 aliphatic rings. The smallest absolute Gasteiger partial charge is 0.305 e. The van der Waals surface area contributed by atoms with Crippen LogP contribution in [0.15, 0.2) is 47.4 Å². The highest BCUT2D eigenvalue weighted by Crippen LogP contribution is 2.17. The minimum atomic E-state index is -0.964. The SMILES string of the molecule is O=C(NC(=O)c1ccccc1F)Nc1ccc(S)cc1F. The molecule has 0 aromatic heterocycles. The van der Waals surface area contributed by atoms with Crippen LogP contribution in [-0.4, -0.2) is 11.9 Å². The van der Waals surface area contributed by atoms with Gasteiger partial charge in [0.2, 0.25) is 0 Å². The third-order valence-corrected chi connectivity index (χ3v) is 2.82. The largest absolute Gasteiger partial charge is 0.326 e. The van der Waals surface area contributed by atoms with Gasteiger partial charge < -0.3 is 5.32 Å². The third kappa shape index (κ3) is 3.79. The Morgan fingerprint density at radius 1 is 1.00 bits per heavy atom.